The molecule has 1 aliphatic rings. The summed E-state index contributed by atoms with van der Waals surface area (Å²) in [5, 5.41) is 8.76. The first kappa shape index (κ1) is 15.3. The molecule has 112 valence electrons. The van der Waals surface area contributed by atoms with Crippen molar-refractivity contribution in [2.45, 2.75) is 6.92 Å². The summed E-state index contributed by atoms with van der Waals surface area (Å²) in [6.45, 7) is 7.73. The van der Waals surface area contributed by atoms with Gasteiger partial charge in [0, 0.05) is 23.7 Å². The summed E-state index contributed by atoms with van der Waals surface area (Å²) in [5.41, 5.74) is 1.27. The average Bonchev–Trinajstić information content (AvgIpc) is 2.43. The zero-order chi connectivity index (χ0) is 15.2. The van der Waals surface area contributed by atoms with E-state index in [1.165, 1.54) is 0 Å². The Bertz CT molecular complexity index is 521. The lowest BCUT2D eigenvalue weighted by atomic mass is 9.88. The molecule has 0 aromatic heterocycles. The third kappa shape index (κ3) is 3.92. The molecule has 21 heavy (non-hydrogen) atoms. The van der Waals surface area contributed by atoms with Crippen molar-refractivity contribution in [2.24, 2.45) is 11.8 Å². The molecule has 5 nitrogen and oxygen atoms in total. The number of carbonyl (C=O) groups excluding carboxylic acids is 2. The first-order valence-corrected chi connectivity index (χ1v) is 7.12. The van der Waals surface area contributed by atoms with Crippen molar-refractivity contribution in [3.05, 3.63) is 42.5 Å². The molecular weight excluding hydrogens is 266 g/mol. The van der Waals surface area contributed by atoms with Gasteiger partial charge in [-0.2, -0.15) is 0 Å². The molecule has 3 N–H and O–H groups in total. The minimum absolute atomic E-state index is 0.0122. The monoisotopic (exact) mass is 287 g/mol. The summed E-state index contributed by atoms with van der Waals surface area (Å²) in [6, 6.07) is 6.88. The molecule has 1 fully saturated rings. The summed E-state index contributed by atoms with van der Waals surface area (Å²) < 4.78 is 0. The third-order valence-corrected chi connectivity index (χ3v) is 3.76. The molecule has 1 heterocycles. The number of benzene rings is 1. The summed E-state index contributed by atoms with van der Waals surface area (Å²) in [7, 11) is 0. The Morgan fingerprint density at radius 1 is 1.38 bits per heavy atom. The average molecular weight is 287 g/mol. The molecule has 1 saturated heterocycles. The summed E-state index contributed by atoms with van der Waals surface area (Å²) in [6.07, 6.45) is 1.63. The van der Waals surface area contributed by atoms with Crippen molar-refractivity contribution in [3.63, 3.8) is 0 Å². The molecule has 2 amide bonds. The van der Waals surface area contributed by atoms with Gasteiger partial charge in [0.05, 0.1) is 0 Å². The van der Waals surface area contributed by atoms with Gasteiger partial charge in [-0.1, -0.05) is 13.0 Å². The minimum Gasteiger partial charge on any atom is -0.349 e. The van der Waals surface area contributed by atoms with Crippen LogP contribution < -0.4 is 16.0 Å². The maximum Gasteiger partial charge on any atom is 0.251 e. The van der Waals surface area contributed by atoms with Crippen LogP contribution in [0.3, 0.4) is 0 Å². The molecular formula is C16H21N3O2. The molecule has 0 bridgehead atoms. The Morgan fingerprint density at radius 2 is 2.05 bits per heavy atom. The summed E-state index contributed by atoms with van der Waals surface area (Å²) >= 11 is 0. The van der Waals surface area contributed by atoms with Gasteiger partial charge < -0.3 is 16.0 Å². The highest BCUT2D eigenvalue weighted by molar-refractivity contribution is 5.96. The first-order valence-electron chi connectivity index (χ1n) is 7.12. The van der Waals surface area contributed by atoms with Gasteiger partial charge >= 0.3 is 0 Å². The van der Waals surface area contributed by atoms with Crippen LogP contribution in [0.15, 0.2) is 36.9 Å². The lowest BCUT2D eigenvalue weighted by molar-refractivity contribution is -0.121. The van der Waals surface area contributed by atoms with E-state index in [0.717, 1.165) is 13.1 Å². The van der Waals surface area contributed by atoms with Gasteiger partial charge in [-0.25, -0.2) is 0 Å². The van der Waals surface area contributed by atoms with E-state index in [4.69, 9.17) is 0 Å². The van der Waals surface area contributed by atoms with Gasteiger partial charge in [0.2, 0.25) is 5.91 Å². The van der Waals surface area contributed by atoms with Gasteiger partial charge in [0.25, 0.3) is 5.91 Å². The molecule has 0 aliphatic carbocycles. The van der Waals surface area contributed by atoms with Crippen molar-refractivity contribution >= 4 is 17.5 Å². The van der Waals surface area contributed by atoms with E-state index < -0.39 is 0 Å². The minimum atomic E-state index is -0.151. The standard InChI is InChI=1S/C16H21N3O2/c1-3-8-18-16(21)12-4-6-14(7-5-12)19-15(20)11(2)13-9-17-10-13/h3-7,11,13,17H,1,8-10H2,2H3,(H,18,21)(H,19,20). The number of anilines is 1. The quantitative estimate of drug-likeness (QED) is 0.693. The van der Waals surface area contributed by atoms with E-state index in [1.54, 1.807) is 30.3 Å². The van der Waals surface area contributed by atoms with Crippen molar-refractivity contribution in [3.8, 4) is 0 Å². The lowest BCUT2D eigenvalue weighted by Crippen LogP contribution is -2.48. The van der Waals surface area contributed by atoms with Crippen LogP contribution in [0.4, 0.5) is 5.69 Å². The molecule has 0 spiro atoms. The number of hydrogen-bond donors (Lipinski definition) is 3. The van der Waals surface area contributed by atoms with E-state index in [0.29, 0.717) is 23.7 Å². The molecule has 1 unspecified atom stereocenters. The fraction of sp³-hybridized carbons (Fsp3) is 0.375. The predicted octanol–water partition coefficient (Wildman–Crippen LogP) is 1.40. The van der Waals surface area contributed by atoms with Gasteiger partial charge in [0.1, 0.15) is 0 Å². The number of carbonyl (C=O) groups is 2. The Hall–Kier alpha value is -2.14. The smallest absolute Gasteiger partial charge is 0.251 e. The second-order valence-corrected chi connectivity index (χ2v) is 5.27. The van der Waals surface area contributed by atoms with E-state index in [2.05, 4.69) is 22.5 Å². The van der Waals surface area contributed by atoms with Crippen molar-refractivity contribution < 1.29 is 9.59 Å². The fourth-order valence-corrected chi connectivity index (χ4v) is 2.11. The summed E-state index contributed by atoms with van der Waals surface area (Å²) in [4.78, 5) is 23.8. The van der Waals surface area contributed by atoms with Crippen LogP contribution in [0.2, 0.25) is 0 Å². The topological polar surface area (TPSA) is 70.2 Å². The highest BCUT2D eigenvalue weighted by atomic mass is 16.2. The molecule has 2 rings (SSSR count). The normalized spacial score (nSPS) is 15.7. The maximum absolute atomic E-state index is 12.1. The Morgan fingerprint density at radius 3 is 2.57 bits per heavy atom. The van der Waals surface area contributed by atoms with Crippen molar-refractivity contribution in [1.82, 2.24) is 10.6 Å². The number of hydrogen-bond acceptors (Lipinski definition) is 3. The largest absolute Gasteiger partial charge is 0.349 e. The summed E-state index contributed by atoms with van der Waals surface area (Å²) in [5.74, 6) is 0.266. The van der Waals surface area contributed by atoms with E-state index in [1.807, 2.05) is 6.92 Å². The maximum atomic E-state index is 12.1. The lowest BCUT2D eigenvalue weighted by Gasteiger charge is -2.31. The highest BCUT2D eigenvalue weighted by Gasteiger charge is 2.28. The molecule has 0 saturated carbocycles. The Labute approximate surface area is 124 Å². The van der Waals surface area contributed by atoms with Crippen molar-refractivity contribution in [1.29, 1.82) is 0 Å². The van der Waals surface area contributed by atoms with Crippen LogP contribution in [0.5, 0.6) is 0 Å². The molecule has 1 aromatic carbocycles. The van der Waals surface area contributed by atoms with Gasteiger partial charge in [-0.15, -0.1) is 6.58 Å². The van der Waals surface area contributed by atoms with Crippen molar-refractivity contribution in [2.75, 3.05) is 25.0 Å². The van der Waals surface area contributed by atoms with Crippen LogP contribution in [-0.4, -0.2) is 31.4 Å². The van der Waals surface area contributed by atoms with Crippen LogP contribution in [0.1, 0.15) is 17.3 Å². The predicted molar refractivity (Wildman–Crippen MR) is 83.1 cm³/mol. The third-order valence-electron chi connectivity index (χ3n) is 3.76. The Balaban J connectivity index is 1.91. The fourth-order valence-electron chi connectivity index (χ4n) is 2.11. The molecule has 1 aliphatic heterocycles. The van der Waals surface area contributed by atoms with E-state index in [-0.39, 0.29) is 17.7 Å². The molecule has 0 radical (unpaired) electrons. The zero-order valence-corrected chi connectivity index (χ0v) is 12.2. The van der Waals surface area contributed by atoms with E-state index >= 15 is 0 Å². The second-order valence-electron chi connectivity index (χ2n) is 5.27. The van der Waals surface area contributed by atoms with Crippen LogP contribution >= 0.6 is 0 Å². The molecule has 1 atom stereocenters. The SMILES string of the molecule is C=CCNC(=O)c1ccc(NC(=O)C(C)C2CNC2)cc1. The molecule has 5 heteroatoms. The van der Waals surface area contributed by atoms with E-state index in [9.17, 15) is 9.59 Å². The van der Waals surface area contributed by atoms with Crippen LogP contribution in [0, 0.1) is 11.8 Å². The Kier molecular flexibility index (Phi) is 5.11. The van der Waals surface area contributed by atoms with Gasteiger partial charge in [-0.3, -0.25) is 9.59 Å². The second kappa shape index (κ2) is 7.04. The first-order chi connectivity index (χ1) is 10.1. The molecule has 1 aromatic rings. The zero-order valence-electron chi connectivity index (χ0n) is 12.2. The van der Waals surface area contributed by atoms with Gasteiger partial charge in [0.15, 0.2) is 0 Å². The van der Waals surface area contributed by atoms with Gasteiger partial charge in [-0.05, 0) is 43.3 Å². The van der Waals surface area contributed by atoms with Crippen LogP contribution in [0.25, 0.3) is 0 Å². The number of rotatable bonds is 6. The number of nitrogens with one attached hydrogen (secondary N) is 3. The number of amides is 2. The van der Waals surface area contributed by atoms with Crippen LogP contribution in [-0.2, 0) is 4.79 Å². The highest BCUT2D eigenvalue weighted by Crippen LogP contribution is 2.18.